The Labute approximate surface area is 105 Å². The van der Waals surface area contributed by atoms with Crippen LogP contribution in [0.3, 0.4) is 0 Å². The van der Waals surface area contributed by atoms with Crippen LogP contribution in [0, 0.1) is 29.6 Å². The lowest BCUT2D eigenvalue weighted by atomic mass is 9.64. The molecule has 4 unspecified atom stereocenters. The summed E-state index contributed by atoms with van der Waals surface area (Å²) in [5.74, 6) is 1.83. The van der Waals surface area contributed by atoms with Gasteiger partial charge in [0.25, 0.3) is 0 Å². The fraction of sp³-hybridized carbons (Fsp3) is 0.929. The van der Waals surface area contributed by atoms with Crippen molar-refractivity contribution in [2.45, 2.75) is 46.5 Å². The van der Waals surface area contributed by atoms with E-state index in [9.17, 15) is 4.79 Å². The van der Waals surface area contributed by atoms with Crippen LogP contribution >= 0.6 is 0 Å². The fourth-order valence-corrected chi connectivity index (χ4v) is 3.45. The van der Waals surface area contributed by atoms with Gasteiger partial charge in [0.15, 0.2) is 0 Å². The van der Waals surface area contributed by atoms with Crippen LogP contribution in [0.1, 0.15) is 46.5 Å². The van der Waals surface area contributed by atoms with Crippen molar-refractivity contribution in [3.63, 3.8) is 0 Å². The van der Waals surface area contributed by atoms with Gasteiger partial charge in [-0.3, -0.25) is 4.79 Å². The van der Waals surface area contributed by atoms with E-state index in [1.54, 1.807) is 0 Å². The highest BCUT2D eigenvalue weighted by molar-refractivity contribution is 5.77. The molecule has 0 aliphatic heterocycles. The van der Waals surface area contributed by atoms with E-state index in [0.29, 0.717) is 30.1 Å². The quantitative estimate of drug-likeness (QED) is 0.775. The maximum atomic E-state index is 11.6. The minimum absolute atomic E-state index is 0.0588. The first kappa shape index (κ1) is 14.5. The molecule has 1 rings (SSSR count). The third-order valence-electron chi connectivity index (χ3n) is 4.40. The average Bonchev–Trinajstić information content (AvgIpc) is 2.24. The molecule has 4 atom stereocenters. The van der Waals surface area contributed by atoms with Crippen LogP contribution in [-0.2, 0) is 4.79 Å². The Balaban J connectivity index is 2.82. The van der Waals surface area contributed by atoms with Crippen molar-refractivity contribution in [1.82, 2.24) is 0 Å². The van der Waals surface area contributed by atoms with E-state index in [-0.39, 0.29) is 18.4 Å². The molecule has 3 nitrogen and oxygen atoms in total. The van der Waals surface area contributed by atoms with Gasteiger partial charge in [0.2, 0.25) is 5.91 Å². The Hall–Kier alpha value is -0.570. The predicted octanol–water partition coefficient (Wildman–Crippen LogP) is 2.18. The van der Waals surface area contributed by atoms with Crippen LogP contribution in [0.2, 0.25) is 0 Å². The van der Waals surface area contributed by atoms with Gasteiger partial charge >= 0.3 is 0 Å². The number of rotatable bonds is 5. The summed E-state index contributed by atoms with van der Waals surface area (Å²) in [5, 5.41) is 9.10. The molecular formula is C14H27NO2. The van der Waals surface area contributed by atoms with Crippen molar-refractivity contribution in [1.29, 1.82) is 0 Å². The van der Waals surface area contributed by atoms with Crippen molar-refractivity contribution >= 4 is 5.91 Å². The largest absolute Gasteiger partial charge is 0.396 e. The lowest BCUT2D eigenvalue weighted by Gasteiger charge is -2.40. The van der Waals surface area contributed by atoms with Crippen molar-refractivity contribution in [3.05, 3.63) is 0 Å². The molecule has 0 heterocycles. The van der Waals surface area contributed by atoms with E-state index < -0.39 is 0 Å². The highest BCUT2D eigenvalue weighted by Gasteiger charge is 2.37. The summed E-state index contributed by atoms with van der Waals surface area (Å²) in [6.07, 6.45) is 4.05. The average molecular weight is 241 g/mol. The molecule has 0 radical (unpaired) electrons. The van der Waals surface area contributed by atoms with E-state index in [4.69, 9.17) is 10.8 Å². The Morgan fingerprint density at radius 2 is 2.00 bits per heavy atom. The molecule has 1 aliphatic carbocycles. The number of primary amides is 1. The molecular weight excluding hydrogens is 214 g/mol. The topological polar surface area (TPSA) is 63.3 Å². The Morgan fingerprint density at radius 3 is 2.47 bits per heavy atom. The maximum absolute atomic E-state index is 11.6. The molecule has 1 fully saturated rings. The molecule has 0 aromatic carbocycles. The number of carbonyl (C=O) groups excluding carboxylic acids is 1. The molecule has 1 aliphatic rings. The smallest absolute Gasteiger partial charge is 0.220 e. The second-order valence-electron chi connectivity index (χ2n) is 6.01. The standard InChI is InChI=1S/C14H27NO2/c1-9(2)11-5-4-10(3)8-13(11)12(6-7-16)14(15)17/h9-13,16H,4-8H2,1-3H3,(H2,15,17). The fourth-order valence-electron chi connectivity index (χ4n) is 3.45. The Kier molecular flexibility index (Phi) is 5.44. The van der Waals surface area contributed by atoms with Gasteiger partial charge in [-0.1, -0.05) is 27.2 Å². The lowest BCUT2D eigenvalue weighted by molar-refractivity contribution is -0.126. The first-order valence-corrected chi connectivity index (χ1v) is 6.87. The SMILES string of the molecule is CC1CCC(C(C)C)C(C(CCO)C(N)=O)C1. The van der Waals surface area contributed by atoms with Crippen LogP contribution in [-0.4, -0.2) is 17.6 Å². The number of nitrogens with two attached hydrogens (primary N) is 1. The predicted molar refractivity (Wildman–Crippen MR) is 69.2 cm³/mol. The van der Waals surface area contributed by atoms with Gasteiger partial charge in [0.05, 0.1) is 0 Å². The molecule has 0 aromatic rings. The van der Waals surface area contributed by atoms with E-state index in [2.05, 4.69) is 20.8 Å². The molecule has 0 saturated heterocycles. The van der Waals surface area contributed by atoms with Crippen LogP contribution in [0.5, 0.6) is 0 Å². The van der Waals surface area contributed by atoms with Gasteiger partial charge in [0.1, 0.15) is 0 Å². The zero-order valence-corrected chi connectivity index (χ0v) is 11.4. The summed E-state index contributed by atoms with van der Waals surface area (Å²) in [7, 11) is 0. The molecule has 1 saturated carbocycles. The van der Waals surface area contributed by atoms with Crippen LogP contribution in [0.25, 0.3) is 0 Å². The van der Waals surface area contributed by atoms with Gasteiger partial charge in [0, 0.05) is 12.5 Å². The third kappa shape index (κ3) is 3.70. The number of aliphatic hydroxyl groups is 1. The molecule has 3 N–H and O–H groups in total. The number of aliphatic hydroxyl groups excluding tert-OH is 1. The molecule has 0 bridgehead atoms. The van der Waals surface area contributed by atoms with Crippen molar-refractivity contribution < 1.29 is 9.90 Å². The van der Waals surface area contributed by atoms with Crippen LogP contribution < -0.4 is 5.73 Å². The van der Waals surface area contributed by atoms with Crippen molar-refractivity contribution in [2.75, 3.05) is 6.61 Å². The van der Waals surface area contributed by atoms with Gasteiger partial charge in [-0.2, -0.15) is 0 Å². The van der Waals surface area contributed by atoms with Gasteiger partial charge in [-0.15, -0.1) is 0 Å². The summed E-state index contributed by atoms with van der Waals surface area (Å²) < 4.78 is 0. The summed E-state index contributed by atoms with van der Waals surface area (Å²) >= 11 is 0. The summed E-state index contributed by atoms with van der Waals surface area (Å²) in [5.41, 5.74) is 5.51. The summed E-state index contributed by atoms with van der Waals surface area (Å²) in [4.78, 5) is 11.6. The van der Waals surface area contributed by atoms with Crippen LogP contribution in [0.4, 0.5) is 0 Å². The zero-order valence-electron chi connectivity index (χ0n) is 11.4. The number of hydrogen-bond donors (Lipinski definition) is 2. The highest BCUT2D eigenvalue weighted by Crippen LogP contribution is 2.42. The molecule has 17 heavy (non-hydrogen) atoms. The van der Waals surface area contributed by atoms with E-state index in [1.165, 1.54) is 12.8 Å². The summed E-state index contributed by atoms with van der Waals surface area (Å²) in [6.45, 7) is 6.76. The Bertz CT molecular complexity index is 253. The zero-order chi connectivity index (χ0) is 13.0. The molecule has 0 spiro atoms. The third-order valence-corrected chi connectivity index (χ3v) is 4.40. The minimum atomic E-state index is -0.233. The second kappa shape index (κ2) is 6.39. The number of carbonyl (C=O) groups is 1. The van der Waals surface area contributed by atoms with Crippen LogP contribution in [0.15, 0.2) is 0 Å². The first-order valence-electron chi connectivity index (χ1n) is 6.87. The number of hydrogen-bond acceptors (Lipinski definition) is 2. The first-order chi connectivity index (χ1) is 7.97. The van der Waals surface area contributed by atoms with E-state index in [0.717, 1.165) is 6.42 Å². The van der Waals surface area contributed by atoms with E-state index in [1.807, 2.05) is 0 Å². The molecule has 100 valence electrons. The maximum Gasteiger partial charge on any atom is 0.220 e. The minimum Gasteiger partial charge on any atom is -0.396 e. The molecule has 1 amide bonds. The van der Waals surface area contributed by atoms with Crippen molar-refractivity contribution in [2.24, 2.45) is 35.3 Å². The second-order valence-corrected chi connectivity index (χ2v) is 6.01. The van der Waals surface area contributed by atoms with Gasteiger partial charge < -0.3 is 10.8 Å². The number of amides is 1. The molecule has 0 aromatic heterocycles. The summed E-state index contributed by atoms with van der Waals surface area (Å²) in [6, 6.07) is 0. The lowest BCUT2D eigenvalue weighted by Crippen LogP contribution is -2.39. The Morgan fingerprint density at radius 1 is 1.35 bits per heavy atom. The molecule has 3 heteroatoms. The van der Waals surface area contributed by atoms with Gasteiger partial charge in [-0.05, 0) is 42.9 Å². The van der Waals surface area contributed by atoms with Crippen molar-refractivity contribution in [3.8, 4) is 0 Å². The highest BCUT2D eigenvalue weighted by atomic mass is 16.3. The van der Waals surface area contributed by atoms with E-state index >= 15 is 0 Å². The van der Waals surface area contributed by atoms with Gasteiger partial charge in [-0.25, -0.2) is 0 Å². The monoisotopic (exact) mass is 241 g/mol. The normalized spacial score (nSPS) is 31.5.